The fourth-order valence-corrected chi connectivity index (χ4v) is 5.12. The van der Waals surface area contributed by atoms with Gasteiger partial charge in [0.25, 0.3) is 5.56 Å². The summed E-state index contributed by atoms with van der Waals surface area (Å²) in [6, 6.07) is 14.3. The van der Waals surface area contributed by atoms with Gasteiger partial charge in [0, 0.05) is 27.4 Å². The predicted molar refractivity (Wildman–Crippen MR) is 125 cm³/mol. The summed E-state index contributed by atoms with van der Waals surface area (Å²) in [5, 5.41) is 8.79. The lowest BCUT2D eigenvalue weighted by molar-refractivity contribution is -0.116. The van der Waals surface area contributed by atoms with Crippen molar-refractivity contribution in [2.45, 2.75) is 17.6 Å². The minimum Gasteiger partial charge on any atom is -0.326 e. The zero-order valence-corrected chi connectivity index (χ0v) is 19.1. The van der Waals surface area contributed by atoms with Crippen LogP contribution in [0.2, 0.25) is 5.02 Å². The van der Waals surface area contributed by atoms with Crippen LogP contribution in [0.1, 0.15) is 12.5 Å². The van der Waals surface area contributed by atoms with Crippen molar-refractivity contribution in [2.24, 2.45) is 0 Å². The first-order valence-corrected chi connectivity index (χ1v) is 11.6. The molecule has 0 fully saturated rings. The number of aromatic nitrogens is 4. The number of nitrogens with zero attached hydrogens (tertiary/aromatic N) is 4. The van der Waals surface area contributed by atoms with E-state index in [2.05, 4.69) is 31.3 Å². The quantitative estimate of drug-likeness (QED) is 0.399. The zero-order valence-electron chi connectivity index (χ0n) is 16.0. The van der Waals surface area contributed by atoms with Crippen LogP contribution in [0.5, 0.6) is 0 Å². The van der Waals surface area contributed by atoms with Gasteiger partial charge in [-0.05, 0) is 42.5 Å². The SMILES string of the molecule is O=C(CC1CSc2nc3c(cnn3-c3cccc(Cl)c3)c(=O)n21)Nc1ccc(Br)cc1. The van der Waals surface area contributed by atoms with Crippen molar-refractivity contribution in [3.05, 3.63) is 74.6 Å². The number of rotatable bonds is 4. The molecule has 3 heterocycles. The molecule has 5 rings (SSSR count). The maximum absolute atomic E-state index is 13.2. The Bertz CT molecular complexity index is 1370. The van der Waals surface area contributed by atoms with E-state index in [1.807, 2.05) is 36.4 Å². The van der Waals surface area contributed by atoms with E-state index in [-0.39, 0.29) is 23.9 Å². The molecule has 0 aliphatic carbocycles. The monoisotopic (exact) mass is 515 g/mol. The summed E-state index contributed by atoms with van der Waals surface area (Å²) in [6.07, 6.45) is 1.70. The Morgan fingerprint density at radius 2 is 2.06 bits per heavy atom. The smallest absolute Gasteiger partial charge is 0.265 e. The van der Waals surface area contributed by atoms with Crippen LogP contribution in [-0.2, 0) is 4.79 Å². The molecule has 4 aromatic rings. The minimum absolute atomic E-state index is 0.151. The number of hydrogen-bond acceptors (Lipinski definition) is 5. The first-order chi connectivity index (χ1) is 15.0. The van der Waals surface area contributed by atoms with Gasteiger partial charge in [-0.2, -0.15) is 5.10 Å². The molecule has 0 saturated heterocycles. The highest BCUT2D eigenvalue weighted by atomic mass is 79.9. The summed E-state index contributed by atoms with van der Waals surface area (Å²) in [5.41, 5.74) is 1.72. The van der Waals surface area contributed by atoms with E-state index in [4.69, 9.17) is 11.6 Å². The highest BCUT2D eigenvalue weighted by Gasteiger charge is 2.29. The van der Waals surface area contributed by atoms with Crippen molar-refractivity contribution >= 4 is 61.9 Å². The highest BCUT2D eigenvalue weighted by molar-refractivity contribution is 9.10. The Hall–Kier alpha value is -2.62. The number of carbonyl (C=O) groups is 1. The summed E-state index contributed by atoms with van der Waals surface area (Å²) in [6.45, 7) is 0. The Kier molecular flexibility index (Phi) is 5.33. The number of fused-ring (bicyclic) bond motifs is 2. The molecule has 156 valence electrons. The van der Waals surface area contributed by atoms with E-state index < -0.39 is 0 Å². The van der Waals surface area contributed by atoms with Gasteiger partial charge in [-0.3, -0.25) is 14.2 Å². The third kappa shape index (κ3) is 3.88. The lowest BCUT2D eigenvalue weighted by Gasteiger charge is -2.13. The summed E-state index contributed by atoms with van der Waals surface area (Å²) in [7, 11) is 0. The average molecular weight is 517 g/mol. The number of thioether (sulfide) groups is 1. The second kappa shape index (κ2) is 8.14. The van der Waals surface area contributed by atoms with Gasteiger partial charge in [0.1, 0.15) is 5.39 Å². The third-order valence-corrected chi connectivity index (χ3v) is 6.83. The fraction of sp³-hybridized carbons (Fsp3) is 0.143. The lowest BCUT2D eigenvalue weighted by Crippen LogP contribution is -2.27. The van der Waals surface area contributed by atoms with Gasteiger partial charge in [-0.15, -0.1) is 0 Å². The van der Waals surface area contributed by atoms with E-state index in [1.54, 1.807) is 21.4 Å². The number of hydrogen-bond donors (Lipinski definition) is 1. The van der Waals surface area contributed by atoms with Gasteiger partial charge in [-0.1, -0.05) is 45.4 Å². The molecule has 1 aliphatic heterocycles. The number of benzene rings is 2. The van der Waals surface area contributed by atoms with Crippen molar-refractivity contribution in [2.75, 3.05) is 11.1 Å². The molecule has 1 aliphatic rings. The normalized spacial score (nSPS) is 15.2. The molecule has 1 unspecified atom stereocenters. The molecule has 10 heteroatoms. The lowest BCUT2D eigenvalue weighted by atomic mass is 10.2. The molecule has 0 bridgehead atoms. The Balaban J connectivity index is 1.44. The van der Waals surface area contributed by atoms with Crippen LogP contribution in [0.4, 0.5) is 5.69 Å². The van der Waals surface area contributed by atoms with Gasteiger partial charge in [0.2, 0.25) is 5.91 Å². The molecule has 2 aromatic carbocycles. The van der Waals surface area contributed by atoms with Crippen LogP contribution >= 0.6 is 39.3 Å². The summed E-state index contributed by atoms with van der Waals surface area (Å²) in [5.74, 6) is 0.454. The van der Waals surface area contributed by atoms with Crippen molar-refractivity contribution in [1.82, 2.24) is 19.3 Å². The number of halogens is 2. The Morgan fingerprint density at radius 1 is 1.26 bits per heavy atom. The van der Waals surface area contributed by atoms with E-state index in [1.165, 1.54) is 18.0 Å². The Labute approximate surface area is 194 Å². The second-order valence-electron chi connectivity index (χ2n) is 7.07. The largest absolute Gasteiger partial charge is 0.326 e. The molecule has 0 radical (unpaired) electrons. The van der Waals surface area contributed by atoms with Crippen LogP contribution < -0.4 is 10.9 Å². The first kappa shape index (κ1) is 20.3. The minimum atomic E-state index is -0.269. The molecule has 1 amide bonds. The first-order valence-electron chi connectivity index (χ1n) is 9.44. The van der Waals surface area contributed by atoms with E-state index in [9.17, 15) is 9.59 Å². The molecule has 7 nitrogen and oxygen atoms in total. The molecule has 1 N–H and O–H groups in total. The standard InChI is InChI=1S/C21H15BrClN5O2S/c22-12-4-6-14(7-5-12)25-18(29)9-16-11-31-21-26-19-17(20(30)27(16)21)10-24-28(19)15-3-1-2-13(23)8-15/h1-8,10,16H,9,11H2,(H,25,29). The van der Waals surface area contributed by atoms with Crippen molar-refractivity contribution in [1.29, 1.82) is 0 Å². The number of carbonyl (C=O) groups excluding carboxylic acids is 1. The fourth-order valence-electron chi connectivity index (χ4n) is 3.54. The van der Waals surface area contributed by atoms with Crippen molar-refractivity contribution in [3.8, 4) is 5.69 Å². The van der Waals surface area contributed by atoms with Gasteiger partial charge in [-0.25, -0.2) is 9.67 Å². The van der Waals surface area contributed by atoms with E-state index in [0.29, 0.717) is 32.7 Å². The molecule has 0 spiro atoms. The van der Waals surface area contributed by atoms with Crippen LogP contribution in [0.3, 0.4) is 0 Å². The zero-order chi connectivity index (χ0) is 21.5. The molecule has 0 saturated carbocycles. The van der Waals surface area contributed by atoms with Crippen molar-refractivity contribution in [3.63, 3.8) is 0 Å². The van der Waals surface area contributed by atoms with Crippen LogP contribution in [0.15, 0.2) is 69.2 Å². The third-order valence-electron chi connectivity index (χ3n) is 4.97. The topological polar surface area (TPSA) is 81.8 Å². The molecule has 31 heavy (non-hydrogen) atoms. The van der Waals surface area contributed by atoms with Crippen LogP contribution in [0, 0.1) is 0 Å². The van der Waals surface area contributed by atoms with Gasteiger partial charge in [0.15, 0.2) is 10.8 Å². The second-order valence-corrected chi connectivity index (χ2v) is 9.41. The van der Waals surface area contributed by atoms with Gasteiger partial charge in [0.05, 0.1) is 17.9 Å². The number of anilines is 1. The maximum atomic E-state index is 13.2. The van der Waals surface area contributed by atoms with E-state index >= 15 is 0 Å². The van der Waals surface area contributed by atoms with Gasteiger partial charge >= 0.3 is 0 Å². The highest BCUT2D eigenvalue weighted by Crippen LogP contribution is 2.33. The van der Waals surface area contributed by atoms with Gasteiger partial charge < -0.3 is 5.32 Å². The summed E-state index contributed by atoms with van der Waals surface area (Å²) in [4.78, 5) is 30.5. The summed E-state index contributed by atoms with van der Waals surface area (Å²) >= 11 is 10.9. The Morgan fingerprint density at radius 3 is 2.84 bits per heavy atom. The maximum Gasteiger partial charge on any atom is 0.265 e. The predicted octanol–water partition coefficient (Wildman–Crippen LogP) is 4.67. The summed E-state index contributed by atoms with van der Waals surface area (Å²) < 4.78 is 4.15. The number of amides is 1. The van der Waals surface area contributed by atoms with Crippen LogP contribution in [0.25, 0.3) is 16.7 Å². The number of nitrogens with one attached hydrogen (secondary N) is 1. The molecule has 2 aromatic heterocycles. The molecular weight excluding hydrogens is 502 g/mol. The average Bonchev–Trinajstić information content (AvgIpc) is 3.35. The van der Waals surface area contributed by atoms with E-state index in [0.717, 1.165) is 10.2 Å². The van der Waals surface area contributed by atoms with Crippen molar-refractivity contribution < 1.29 is 4.79 Å². The molecular formula is C21H15BrClN5O2S. The molecule has 1 atom stereocenters. The van der Waals surface area contributed by atoms with Crippen LogP contribution in [-0.4, -0.2) is 31.0 Å².